The molecule has 1 heterocycles. The van der Waals surface area contributed by atoms with Crippen LogP contribution in [-0.2, 0) is 11.2 Å². The number of alkyl halides is 3. The molecule has 0 radical (unpaired) electrons. The first-order valence-corrected chi connectivity index (χ1v) is 5.35. The summed E-state index contributed by atoms with van der Waals surface area (Å²) in [5, 5.41) is 8.48. The largest absolute Gasteiger partial charge is 0.481 e. The number of halogens is 3. The zero-order valence-electron chi connectivity index (χ0n) is 7.46. The summed E-state index contributed by atoms with van der Waals surface area (Å²) in [6.45, 7) is 1.50. The Balaban J connectivity index is 2.81. The fraction of sp³-hybridized carbons (Fsp3) is 0.429. The maximum absolute atomic E-state index is 12.0. The average molecular weight is 257 g/mol. The van der Waals surface area contributed by atoms with Crippen LogP contribution in [0.2, 0.25) is 0 Å². The lowest BCUT2D eigenvalue weighted by Crippen LogP contribution is -1.99. The summed E-state index contributed by atoms with van der Waals surface area (Å²) in [6, 6.07) is 0. The molecule has 15 heavy (non-hydrogen) atoms. The van der Waals surface area contributed by atoms with Crippen LogP contribution in [-0.4, -0.2) is 21.6 Å². The highest BCUT2D eigenvalue weighted by Gasteiger charge is 2.31. The van der Waals surface area contributed by atoms with Crippen molar-refractivity contribution in [3.05, 3.63) is 10.6 Å². The van der Waals surface area contributed by atoms with Crippen molar-refractivity contribution in [2.45, 2.75) is 23.2 Å². The van der Waals surface area contributed by atoms with Crippen LogP contribution in [0, 0.1) is 6.92 Å². The van der Waals surface area contributed by atoms with Crippen molar-refractivity contribution in [3.63, 3.8) is 0 Å². The van der Waals surface area contributed by atoms with E-state index >= 15 is 0 Å². The quantitative estimate of drug-likeness (QED) is 0.846. The van der Waals surface area contributed by atoms with Crippen molar-refractivity contribution in [1.82, 2.24) is 4.98 Å². The van der Waals surface area contributed by atoms with Gasteiger partial charge in [0.05, 0.1) is 12.1 Å². The van der Waals surface area contributed by atoms with Crippen molar-refractivity contribution < 1.29 is 23.1 Å². The van der Waals surface area contributed by atoms with Gasteiger partial charge in [0.15, 0.2) is 4.34 Å². The molecule has 0 fully saturated rings. The molecular weight excluding hydrogens is 251 g/mol. The average Bonchev–Trinajstić information content (AvgIpc) is 2.26. The monoisotopic (exact) mass is 257 g/mol. The fourth-order valence-electron chi connectivity index (χ4n) is 0.845. The van der Waals surface area contributed by atoms with Gasteiger partial charge in [-0.15, -0.1) is 11.3 Å². The molecule has 0 aliphatic rings. The van der Waals surface area contributed by atoms with Gasteiger partial charge >= 0.3 is 11.5 Å². The number of thioether (sulfide) groups is 1. The minimum absolute atomic E-state index is 0.170. The van der Waals surface area contributed by atoms with Crippen LogP contribution in [0.3, 0.4) is 0 Å². The summed E-state index contributed by atoms with van der Waals surface area (Å²) < 4.78 is 35.7. The van der Waals surface area contributed by atoms with Crippen molar-refractivity contribution in [2.75, 3.05) is 0 Å². The van der Waals surface area contributed by atoms with Gasteiger partial charge in [-0.25, -0.2) is 4.98 Å². The topological polar surface area (TPSA) is 50.2 Å². The lowest BCUT2D eigenvalue weighted by Gasteiger charge is -2.00. The Morgan fingerprint density at radius 3 is 2.67 bits per heavy atom. The number of nitrogens with zero attached hydrogens (tertiary/aromatic N) is 1. The van der Waals surface area contributed by atoms with E-state index in [0.29, 0.717) is 10.6 Å². The lowest BCUT2D eigenvalue weighted by molar-refractivity contribution is -0.136. The number of aromatic nitrogens is 1. The number of thiazole rings is 1. The van der Waals surface area contributed by atoms with Gasteiger partial charge in [-0.3, -0.25) is 4.79 Å². The van der Waals surface area contributed by atoms with E-state index in [1.54, 1.807) is 0 Å². The van der Waals surface area contributed by atoms with Gasteiger partial charge in [0, 0.05) is 16.6 Å². The summed E-state index contributed by atoms with van der Waals surface area (Å²) in [4.78, 5) is 14.4. The standard InChI is InChI=1S/C7H6F3NO2S2/c1-3-4(2-5(12)13)14-6(11-3)15-7(8,9)10/h2H2,1H3,(H,12,13). The van der Waals surface area contributed by atoms with Crippen LogP contribution < -0.4 is 0 Å². The normalized spacial score (nSPS) is 11.7. The zero-order chi connectivity index (χ0) is 11.6. The summed E-state index contributed by atoms with van der Waals surface area (Å²) in [7, 11) is 0. The van der Waals surface area contributed by atoms with Crippen LogP contribution in [0.25, 0.3) is 0 Å². The third-order valence-corrected chi connectivity index (χ3v) is 3.34. The van der Waals surface area contributed by atoms with Crippen LogP contribution >= 0.6 is 23.1 Å². The predicted octanol–water partition coefficient (Wildman–Crippen LogP) is 2.69. The molecule has 0 amide bonds. The Kier molecular flexibility index (Phi) is 3.61. The van der Waals surface area contributed by atoms with E-state index in [0.717, 1.165) is 11.3 Å². The molecule has 0 aliphatic heterocycles. The molecule has 0 saturated carbocycles. The van der Waals surface area contributed by atoms with E-state index in [-0.39, 0.29) is 22.5 Å². The third-order valence-electron chi connectivity index (χ3n) is 1.39. The van der Waals surface area contributed by atoms with Gasteiger partial charge in [0.2, 0.25) is 0 Å². The molecule has 1 rings (SSSR count). The molecule has 1 aromatic rings. The molecule has 0 bridgehead atoms. The molecule has 0 unspecified atom stereocenters. The Labute approximate surface area is 91.3 Å². The molecule has 0 aromatic carbocycles. The number of hydrogen-bond donors (Lipinski definition) is 1. The minimum atomic E-state index is -4.38. The summed E-state index contributed by atoms with van der Waals surface area (Å²) in [5.41, 5.74) is -4.04. The molecule has 0 saturated heterocycles. The first-order valence-electron chi connectivity index (χ1n) is 3.72. The van der Waals surface area contributed by atoms with Crippen LogP contribution in [0.4, 0.5) is 13.2 Å². The van der Waals surface area contributed by atoms with Crippen molar-refractivity contribution >= 4 is 29.1 Å². The first-order chi connectivity index (χ1) is 6.78. The van der Waals surface area contributed by atoms with E-state index < -0.39 is 11.5 Å². The maximum Gasteiger partial charge on any atom is 0.448 e. The smallest absolute Gasteiger partial charge is 0.448 e. The van der Waals surface area contributed by atoms with E-state index in [1.807, 2.05) is 0 Å². The number of rotatable bonds is 3. The second-order valence-corrected chi connectivity index (χ2v) is 5.00. The fourth-order valence-corrected chi connectivity index (χ4v) is 2.76. The summed E-state index contributed by atoms with van der Waals surface area (Å²) >= 11 is 0.443. The predicted molar refractivity (Wildman–Crippen MR) is 50.1 cm³/mol. The number of carboxylic acid groups (broad SMARTS) is 1. The van der Waals surface area contributed by atoms with Gasteiger partial charge in [0.1, 0.15) is 0 Å². The SMILES string of the molecule is Cc1nc(SC(F)(F)F)sc1CC(=O)O. The molecule has 0 atom stereocenters. The number of hydrogen-bond acceptors (Lipinski definition) is 4. The molecule has 84 valence electrons. The number of carboxylic acids is 1. The first kappa shape index (κ1) is 12.3. The second kappa shape index (κ2) is 4.40. The van der Waals surface area contributed by atoms with Gasteiger partial charge in [0.25, 0.3) is 0 Å². The highest BCUT2D eigenvalue weighted by atomic mass is 32.2. The van der Waals surface area contributed by atoms with Gasteiger partial charge in [-0.2, -0.15) is 13.2 Å². The molecule has 1 N–H and O–H groups in total. The highest BCUT2D eigenvalue weighted by Crippen LogP contribution is 2.39. The van der Waals surface area contributed by atoms with E-state index in [1.165, 1.54) is 6.92 Å². The number of aliphatic carboxylic acids is 1. The van der Waals surface area contributed by atoms with Gasteiger partial charge < -0.3 is 5.11 Å². The van der Waals surface area contributed by atoms with Crippen LogP contribution in [0.5, 0.6) is 0 Å². The van der Waals surface area contributed by atoms with E-state index in [9.17, 15) is 18.0 Å². The molecule has 1 aromatic heterocycles. The van der Waals surface area contributed by atoms with Gasteiger partial charge in [-0.05, 0) is 6.92 Å². The third kappa shape index (κ3) is 4.08. The zero-order valence-corrected chi connectivity index (χ0v) is 9.09. The Bertz CT molecular complexity index is 375. The number of aryl methyl sites for hydroxylation is 1. The van der Waals surface area contributed by atoms with Crippen molar-refractivity contribution in [3.8, 4) is 0 Å². The maximum atomic E-state index is 12.0. The minimum Gasteiger partial charge on any atom is -0.481 e. The molecule has 0 spiro atoms. The Morgan fingerprint density at radius 1 is 1.60 bits per heavy atom. The van der Waals surface area contributed by atoms with E-state index in [4.69, 9.17) is 5.11 Å². The van der Waals surface area contributed by atoms with Crippen LogP contribution in [0.15, 0.2) is 4.34 Å². The molecule has 0 aliphatic carbocycles. The molecule has 8 heteroatoms. The second-order valence-electron chi connectivity index (χ2n) is 2.61. The van der Waals surface area contributed by atoms with Gasteiger partial charge in [-0.1, -0.05) is 0 Å². The van der Waals surface area contributed by atoms with Crippen molar-refractivity contribution in [2.24, 2.45) is 0 Å². The lowest BCUT2D eigenvalue weighted by atomic mass is 10.3. The Hall–Kier alpha value is -0.760. The molecular formula is C7H6F3NO2S2. The van der Waals surface area contributed by atoms with Crippen LogP contribution in [0.1, 0.15) is 10.6 Å². The summed E-state index contributed by atoms with van der Waals surface area (Å²) in [5.74, 6) is -1.08. The highest BCUT2D eigenvalue weighted by molar-refractivity contribution is 8.01. The number of carbonyl (C=O) groups is 1. The Morgan fingerprint density at radius 2 is 2.20 bits per heavy atom. The van der Waals surface area contributed by atoms with E-state index in [2.05, 4.69) is 4.98 Å². The summed E-state index contributed by atoms with van der Waals surface area (Å²) in [6.07, 6.45) is -0.290. The van der Waals surface area contributed by atoms with Crippen molar-refractivity contribution in [1.29, 1.82) is 0 Å². The molecule has 3 nitrogen and oxygen atoms in total.